The van der Waals surface area contributed by atoms with Gasteiger partial charge in [0.25, 0.3) is 5.91 Å². The van der Waals surface area contributed by atoms with Gasteiger partial charge in [-0.2, -0.15) is 0 Å². The van der Waals surface area contributed by atoms with E-state index in [-0.39, 0.29) is 17.0 Å². The van der Waals surface area contributed by atoms with E-state index in [1.165, 1.54) is 18.2 Å². The lowest BCUT2D eigenvalue weighted by Crippen LogP contribution is -2.40. The molecule has 0 aliphatic rings. The Kier molecular flexibility index (Phi) is 4.85. The Bertz CT molecular complexity index is 639. The summed E-state index contributed by atoms with van der Waals surface area (Å²) in [5.41, 5.74) is 5.58. The predicted molar refractivity (Wildman–Crippen MR) is 71.8 cm³/mol. The molecule has 0 aliphatic heterocycles. The van der Waals surface area contributed by atoms with Gasteiger partial charge in [0.1, 0.15) is 6.10 Å². The average Bonchev–Trinajstić information content (AvgIpc) is 2.34. The second-order valence-corrected chi connectivity index (χ2v) is 6.39. The molecule has 8 heteroatoms. The molecule has 1 aromatic carbocycles. The molecule has 1 unspecified atom stereocenters. The third-order valence-corrected chi connectivity index (χ3v) is 3.78. The maximum absolute atomic E-state index is 11.9. The molecule has 0 aliphatic carbocycles. The highest BCUT2D eigenvalue weighted by Gasteiger charge is 2.16. The van der Waals surface area contributed by atoms with Crippen molar-refractivity contribution in [1.29, 1.82) is 0 Å². The van der Waals surface area contributed by atoms with E-state index in [9.17, 15) is 23.1 Å². The van der Waals surface area contributed by atoms with Crippen LogP contribution in [0.5, 0.6) is 0 Å². The SMILES string of the molecule is Cc1ccc(S(C)(=O)=O)cc1C(=O)NCC(O)C(N)=O. The largest absolute Gasteiger partial charge is 0.381 e. The van der Waals surface area contributed by atoms with Gasteiger partial charge in [0.05, 0.1) is 11.4 Å². The highest BCUT2D eigenvalue weighted by molar-refractivity contribution is 7.90. The molecule has 20 heavy (non-hydrogen) atoms. The summed E-state index contributed by atoms with van der Waals surface area (Å²) in [6, 6.07) is 4.16. The van der Waals surface area contributed by atoms with E-state index < -0.39 is 27.8 Å². The number of benzene rings is 1. The van der Waals surface area contributed by atoms with Gasteiger partial charge in [-0.3, -0.25) is 9.59 Å². The zero-order valence-electron chi connectivity index (χ0n) is 11.1. The van der Waals surface area contributed by atoms with Gasteiger partial charge in [0.2, 0.25) is 5.91 Å². The summed E-state index contributed by atoms with van der Waals surface area (Å²) in [5, 5.41) is 11.5. The first kappa shape index (κ1) is 16.1. The zero-order valence-corrected chi connectivity index (χ0v) is 11.9. The highest BCUT2D eigenvalue weighted by atomic mass is 32.2. The van der Waals surface area contributed by atoms with Gasteiger partial charge in [-0.1, -0.05) is 6.07 Å². The van der Waals surface area contributed by atoms with Crippen molar-refractivity contribution in [3.8, 4) is 0 Å². The van der Waals surface area contributed by atoms with Crippen LogP contribution in [0.25, 0.3) is 0 Å². The quantitative estimate of drug-likeness (QED) is 0.641. The van der Waals surface area contributed by atoms with Crippen molar-refractivity contribution in [3.63, 3.8) is 0 Å². The Hall–Kier alpha value is -1.93. The van der Waals surface area contributed by atoms with Crippen LogP contribution in [-0.4, -0.2) is 44.2 Å². The van der Waals surface area contributed by atoms with Crippen LogP contribution >= 0.6 is 0 Å². The number of rotatable bonds is 5. The monoisotopic (exact) mass is 300 g/mol. The second-order valence-electron chi connectivity index (χ2n) is 4.38. The highest BCUT2D eigenvalue weighted by Crippen LogP contribution is 2.15. The van der Waals surface area contributed by atoms with Crippen LogP contribution in [0.4, 0.5) is 0 Å². The standard InChI is InChI=1S/C12H16N2O5S/c1-7-3-4-8(20(2,18)19)5-9(7)12(17)14-6-10(15)11(13)16/h3-5,10,15H,6H2,1-2H3,(H2,13,16)(H,14,17). The number of sulfone groups is 1. The lowest BCUT2D eigenvalue weighted by molar-refractivity contribution is -0.125. The smallest absolute Gasteiger partial charge is 0.251 e. The Balaban J connectivity index is 2.96. The Morgan fingerprint density at radius 1 is 1.40 bits per heavy atom. The van der Waals surface area contributed by atoms with Crippen LogP contribution < -0.4 is 11.1 Å². The number of aliphatic hydroxyl groups excluding tert-OH is 1. The van der Waals surface area contributed by atoms with Gasteiger partial charge in [-0.25, -0.2) is 8.42 Å². The first-order valence-electron chi connectivity index (χ1n) is 5.69. The van der Waals surface area contributed by atoms with Crippen molar-refractivity contribution in [1.82, 2.24) is 5.32 Å². The van der Waals surface area contributed by atoms with Crippen molar-refractivity contribution in [2.75, 3.05) is 12.8 Å². The molecule has 0 aromatic heterocycles. The van der Waals surface area contributed by atoms with Crippen LogP contribution in [-0.2, 0) is 14.6 Å². The first-order chi connectivity index (χ1) is 9.12. The fraction of sp³-hybridized carbons (Fsp3) is 0.333. The average molecular weight is 300 g/mol. The van der Waals surface area contributed by atoms with Crippen LogP contribution in [0.3, 0.4) is 0 Å². The number of hydrogen-bond acceptors (Lipinski definition) is 5. The fourth-order valence-corrected chi connectivity index (χ4v) is 2.11. The van der Waals surface area contributed by atoms with Gasteiger partial charge in [0.15, 0.2) is 9.84 Å². The summed E-state index contributed by atoms with van der Waals surface area (Å²) >= 11 is 0. The van der Waals surface area contributed by atoms with E-state index in [2.05, 4.69) is 5.32 Å². The van der Waals surface area contributed by atoms with Crippen molar-refractivity contribution in [2.45, 2.75) is 17.9 Å². The first-order valence-corrected chi connectivity index (χ1v) is 7.58. The summed E-state index contributed by atoms with van der Waals surface area (Å²) in [5.74, 6) is -1.54. The molecule has 2 amide bonds. The van der Waals surface area contributed by atoms with Gasteiger partial charge in [-0.15, -0.1) is 0 Å². The molecule has 1 rings (SSSR count). The number of nitrogens with one attached hydrogen (secondary N) is 1. The maximum atomic E-state index is 11.9. The van der Waals surface area contributed by atoms with Crippen molar-refractivity contribution >= 4 is 21.7 Å². The Labute approximate surface area is 116 Å². The van der Waals surface area contributed by atoms with Gasteiger partial charge < -0.3 is 16.2 Å². The molecule has 0 saturated heterocycles. The minimum atomic E-state index is -3.42. The zero-order chi connectivity index (χ0) is 15.5. The molecule has 0 bridgehead atoms. The van der Waals surface area contributed by atoms with Gasteiger partial charge in [-0.05, 0) is 24.6 Å². The molecule has 110 valence electrons. The van der Waals surface area contributed by atoms with Crippen molar-refractivity contribution in [2.24, 2.45) is 5.73 Å². The van der Waals surface area contributed by atoms with Gasteiger partial charge in [0, 0.05) is 11.8 Å². The molecule has 0 spiro atoms. The van der Waals surface area contributed by atoms with E-state index in [4.69, 9.17) is 5.73 Å². The minimum absolute atomic E-state index is 0.0173. The number of carbonyl (C=O) groups is 2. The Morgan fingerprint density at radius 2 is 2.00 bits per heavy atom. The fourth-order valence-electron chi connectivity index (χ4n) is 1.46. The van der Waals surface area contributed by atoms with Crippen LogP contribution in [0.1, 0.15) is 15.9 Å². The number of aliphatic hydroxyl groups is 1. The summed E-state index contributed by atoms with van der Waals surface area (Å²) in [4.78, 5) is 22.6. The number of nitrogens with two attached hydrogens (primary N) is 1. The number of hydrogen-bond donors (Lipinski definition) is 3. The topological polar surface area (TPSA) is 127 Å². The van der Waals surface area contributed by atoms with E-state index in [1.807, 2.05) is 0 Å². The van der Waals surface area contributed by atoms with E-state index in [0.29, 0.717) is 5.56 Å². The summed E-state index contributed by atoms with van der Waals surface area (Å²) < 4.78 is 22.9. The summed E-state index contributed by atoms with van der Waals surface area (Å²) in [7, 11) is -3.42. The molecule has 0 radical (unpaired) electrons. The molecular formula is C12H16N2O5S. The molecule has 1 atom stereocenters. The van der Waals surface area contributed by atoms with Crippen LogP contribution in [0.2, 0.25) is 0 Å². The number of aryl methyl sites for hydroxylation is 1. The second kappa shape index (κ2) is 6.02. The van der Waals surface area contributed by atoms with Crippen molar-refractivity contribution < 1.29 is 23.1 Å². The van der Waals surface area contributed by atoms with Crippen LogP contribution in [0, 0.1) is 6.92 Å². The maximum Gasteiger partial charge on any atom is 0.251 e. The Morgan fingerprint density at radius 3 is 2.50 bits per heavy atom. The molecule has 0 fully saturated rings. The summed E-state index contributed by atoms with van der Waals surface area (Å²) in [6.07, 6.45) is -0.451. The lowest BCUT2D eigenvalue weighted by Gasteiger charge is -2.11. The molecule has 1 aromatic rings. The molecule has 0 heterocycles. The molecular weight excluding hydrogens is 284 g/mol. The molecule has 0 saturated carbocycles. The van der Waals surface area contributed by atoms with Crippen LogP contribution in [0.15, 0.2) is 23.1 Å². The summed E-state index contributed by atoms with van der Waals surface area (Å²) in [6.45, 7) is 1.31. The molecule has 4 N–H and O–H groups in total. The predicted octanol–water partition coefficient (Wildman–Crippen LogP) is -1.03. The lowest BCUT2D eigenvalue weighted by atomic mass is 10.1. The minimum Gasteiger partial charge on any atom is -0.381 e. The number of carbonyl (C=O) groups excluding carboxylic acids is 2. The third-order valence-electron chi connectivity index (χ3n) is 2.67. The number of amides is 2. The third kappa shape index (κ3) is 4.04. The normalized spacial score (nSPS) is 12.8. The van der Waals surface area contributed by atoms with E-state index in [1.54, 1.807) is 6.92 Å². The van der Waals surface area contributed by atoms with E-state index in [0.717, 1.165) is 6.26 Å². The van der Waals surface area contributed by atoms with E-state index >= 15 is 0 Å². The van der Waals surface area contributed by atoms with Gasteiger partial charge >= 0.3 is 0 Å². The number of primary amides is 1. The molecule has 7 nitrogen and oxygen atoms in total. The van der Waals surface area contributed by atoms with Crippen molar-refractivity contribution in [3.05, 3.63) is 29.3 Å².